The van der Waals surface area contributed by atoms with Gasteiger partial charge in [-0.3, -0.25) is 10.5 Å². The van der Waals surface area contributed by atoms with Gasteiger partial charge in [-0.15, -0.1) is 0 Å². The monoisotopic (exact) mass is 171 g/mol. The third kappa shape index (κ3) is 3.56. The van der Waals surface area contributed by atoms with Crippen LogP contribution in [0.1, 0.15) is 0 Å². The van der Waals surface area contributed by atoms with E-state index in [-0.39, 0.29) is 6.29 Å². The summed E-state index contributed by atoms with van der Waals surface area (Å²) < 4.78 is 37.3. The summed E-state index contributed by atoms with van der Waals surface area (Å²) in [6.45, 7) is 0. The number of ether oxygens (including phenoxy) is 1. The Morgan fingerprint density at radius 3 is 2.27 bits per heavy atom. The van der Waals surface area contributed by atoms with E-state index in [2.05, 4.69) is 10.5 Å². The number of halogens is 3. The van der Waals surface area contributed by atoms with Crippen LogP contribution in [0.15, 0.2) is 0 Å². The Balaban J connectivity index is 3.98. The first kappa shape index (κ1) is 9.89. The largest absolute Gasteiger partial charge is 0.490 e. The second-order valence-corrected chi connectivity index (χ2v) is 1.50. The van der Waals surface area contributed by atoms with E-state index in [4.69, 9.17) is 0 Å². The van der Waals surface area contributed by atoms with Crippen LogP contribution >= 0.6 is 0 Å². The van der Waals surface area contributed by atoms with Crippen LogP contribution in [0.3, 0.4) is 0 Å². The van der Waals surface area contributed by atoms with E-state index in [9.17, 15) is 22.8 Å². The molecule has 64 valence electrons. The molecule has 0 aliphatic carbocycles. The first-order valence-electron chi connectivity index (χ1n) is 2.36. The van der Waals surface area contributed by atoms with Crippen molar-refractivity contribution in [1.29, 1.82) is 0 Å². The summed E-state index contributed by atoms with van der Waals surface area (Å²) in [5.74, 6) is -2.47. The Hall–Kier alpha value is -1.11. The van der Waals surface area contributed by atoms with Crippen molar-refractivity contribution in [2.24, 2.45) is 5.73 Å². The molecule has 0 saturated carbocycles. The Bertz CT molecular complexity index is 166. The van der Waals surface area contributed by atoms with Crippen molar-refractivity contribution in [3.63, 3.8) is 0 Å². The maximum atomic E-state index is 11.3. The molecule has 0 heterocycles. The van der Waals surface area contributed by atoms with Crippen molar-refractivity contribution >= 4 is 12.3 Å². The van der Waals surface area contributed by atoms with Crippen molar-refractivity contribution in [3.05, 3.63) is 0 Å². The molecule has 0 rings (SSSR count). The number of hydrogen-bond donors (Lipinski definition) is 1. The molecule has 0 aromatic heterocycles. The minimum absolute atomic E-state index is 0.121. The minimum Gasteiger partial charge on any atom is -0.433 e. The molecule has 1 unspecified atom stereocenters. The number of carbonyl (C=O) groups excluding carboxylic acids is 2. The SMILES string of the molecule is NC(C=O)OC(=O)C(F)(F)F. The van der Waals surface area contributed by atoms with Gasteiger partial charge in [-0.25, -0.2) is 4.79 Å². The van der Waals surface area contributed by atoms with Crippen LogP contribution in [0, 0.1) is 0 Å². The first-order valence-corrected chi connectivity index (χ1v) is 2.36. The molecular formula is C4H4F3NO3. The van der Waals surface area contributed by atoms with Gasteiger partial charge < -0.3 is 4.74 Å². The fourth-order valence-electron chi connectivity index (χ4n) is 0.218. The standard InChI is InChI=1S/C4H4F3NO3/c5-4(6,7)3(10)11-2(8)1-9/h1-2H,8H2. The van der Waals surface area contributed by atoms with Crippen LogP contribution in [0.25, 0.3) is 0 Å². The molecule has 7 heteroatoms. The number of hydrogen-bond acceptors (Lipinski definition) is 4. The van der Waals surface area contributed by atoms with Crippen LogP contribution < -0.4 is 5.73 Å². The lowest BCUT2D eigenvalue weighted by atomic mass is 10.6. The van der Waals surface area contributed by atoms with Crippen LogP contribution in [-0.2, 0) is 14.3 Å². The van der Waals surface area contributed by atoms with Gasteiger partial charge in [-0.1, -0.05) is 0 Å². The van der Waals surface area contributed by atoms with Crippen molar-refractivity contribution in [2.75, 3.05) is 0 Å². The average molecular weight is 171 g/mol. The molecule has 11 heavy (non-hydrogen) atoms. The van der Waals surface area contributed by atoms with Gasteiger partial charge in [0.05, 0.1) is 0 Å². The molecule has 0 aliphatic heterocycles. The molecular weight excluding hydrogens is 167 g/mol. The molecule has 2 N–H and O–H groups in total. The second kappa shape index (κ2) is 3.33. The van der Waals surface area contributed by atoms with E-state index in [1.807, 2.05) is 0 Å². The van der Waals surface area contributed by atoms with Crippen molar-refractivity contribution in [1.82, 2.24) is 0 Å². The fourth-order valence-corrected chi connectivity index (χ4v) is 0.218. The number of esters is 1. The zero-order valence-corrected chi connectivity index (χ0v) is 5.09. The molecule has 0 aromatic rings. The lowest BCUT2D eigenvalue weighted by Crippen LogP contribution is -2.35. The van der Waals surface area contributed by atoms with Crippen molar-refractivity contribution in [2.45, 2.75) is 12.4 Å². The number of aldehydes is 1. The van der Waals surface area contributed by atoms with Gasteiger partial charge in [0.2, 0.25) is 6.23 Å². The van der Waals surface area contributed by atoms with Gasteiger partial charge in [-0.05, 0) is 0 Å². The highest BCUT2D eigenvalue weighted by Gasteiger charge is 2.41. The van der Waals surface area contributed by atoms with Gasteiger partial charge in [0.1, 0.15) is 0 Å². The van der Waals surface area contributed by atoms with E-state index in [0.29, 0.717) is 0 Å². The normalized spacial score (nSPS) is 13.8. The van der Waals surface area contributed by atoms with Crippen molar-refractivity contribution < 1.29 is 27.5 Å². The smallest absolute Gasteiger partial charge is 0.433 e. The van der Waals surface area contributed by atoms with E-state index in [1.165, 1.54) is 0 Å². The minimum atomic E-state index is -5.11. The molecule has 0 saturated heterocycles. The zero-order chi connectivity index (χ0) is 9.07. The molecule has 0 radical (unpaired) electrons. The van der Waals surface area contributed by atoms with E-state index < -0.39 is 18.4 Å². The highest BCUT2D eigenvalue weighted by molar-refractivity contribution is 5.77. The van der Waals surface area contributed by atoms with E-state index in [0.717, 1.165) is 0 Å². The maximum Gasteiger partial charge on any atom is 0.490 e. The van der Waals surface area contributed by atoms with E-state index in [1.54, 1.807) is 0 Å². The molecule has 4 nitrogen and oxygen atoms in total. The quantitative estimate of drug-likeness (QED) is 0.348. The summed E-state index contributed by atoms with van der Waals surface area (Å²) in [5.41, 5.74) is 4.56. The Morgan fingerprint density at radius 1 is 1.55 bits per heavy atom. The van der Waals surface area contributed by atoms with Crippen LogP contribution in [0.5, 0.6) is 0 Å². The van der Waals surface area contributed by atoms with Crippen LogP contribution in [0.2, 0.25) is 0 Å². The Kier molecular flexibility index (Phi) is 2.99. The third-order valence-corrected chi connectivity index (χ3v) is 0.609. The molecule has 0 fully saturated rings. The molecule has 0 aromatic carbocycles. The van der Waals surface area contributed by atoms with E-state index >= 15 is 0 Å². The van der Waals surface area contributed by atoms with Gasteiger partial charge in [0, 0.05) is 0 Å². The highest BCUT2D eigenvalue weighted by atomic mass is 19.4. The highest BCUT2D eigenvalue weighted by Crippen LogP contribution is 2.16. The predicted molar refractivity (Wildman–Crippen MR) is 26.2 cm³/mol. The molecule has 1 atom stereocenters. The summed E-state index contributed by atoms with van der Waals surface area (Å²) >= 11 is 0. The lowest BCUT2D eigenvalue weighted by molar-refractivity contribution is -0.203. The molecule has 0 aliphatic rings. The molecule has 0 spiro atoms. The average Bonchev–Trinajstić information content (AvgIpc) is 1.85. The summed E-state index contributed by atoms with van der Waals surface area (Å²) in [6, 6.07) is 0. The molecule has 0 bridgehead atoms. The number of nitrogens with two attached hydrogens (primary N) is 1. The topological polar surface area (TPSA) is 69.4 Å². The number of rotatable bonds is 2. The fraction of sp³-hybridized carbons (Fsp3) is 0.500. The number of carbonyl (C=O) groups is 2. The Morgan fingerprint density at radius 2 is 2.00 bits per heavy atom. The maximum absolute atomic E-state index is 11.3. The Labute approximate surface area is 59.1 Å². The number of alkyl halides is 3. The summed E-state index contributed by atoms with van der Waals surface area (Å²) in [7, 11) is 0. The third-order valence-electron chi connectivity index (χ3n) is 0.609. The van der Waals surface area contributed by atoms with Crippen molar-refractivity contribution in [3.8, 4) is 0 Å². The summed E-state index contributed by atoms with van der Waals surface area (Å²) in [4.78, 5) is 19.4. The summed E-state index contributed by atoms with van der Waals surface area (Å²) in [6.07, 6.45) is -7.09. The van der Waals surface area contributed by atoms with Gasteiger partial charge in [0.25, 0.3) is 0 Å². The van der Waals surface area contributed by atoms with Gasteiger partial charge >= 0.3 is 12.1 Å². The van der Waals surface area contributed by atoms with Gasteiger partial charge in [-0.2, -0.15) is 13.2 Å². The van der Waals surface area contributed by atoms with Crippen LogP contribution in [-0.4, -0.2) is 24.7 Å². The summed E-state index contributed by atoms with van der Waals surface area (Å²) in [5, 5.41) is 0. The van der Waals surface area contributed by atoms with Gasteiger partial charge in [0.15, 0.2) is 6.29 Å². The predicted octanol–water partition coefficient (Wildman–Crippen LogP) is -0.424. The molecule has 0 amide bonds. The van der Waals surface area contributed by atoms with Crippen LogP contribution in [0.4, 0.5) is 13.2 Å². The zero-order valence-electron chi connectivity index (χ0n) is 5.09. The second-order valence-electron chi connectivity index (χ2n) is 1.50. The lowest BCUT2D eigenvalue weighted by Gasteiger charge is -2.07. The first-order chi connectivity index (χ1) is 4.88.